The minimum atomic E-state index is -0.278. The molecule has 0 aliphatic heterocycles. The summed E-state index contributed by atoms with van der Waals surface area (Å²) in [5.41, 5.74) is 3.23. The Morgan fingerprint density at radius 1 is 0.875 bits per heavy atom. The minimum Gasteiger partial charge on any atom is -0.493 e. The fraction of sp³-hybridized carbons (Fsp3) is 0.0769. The molecule has 0 atom stereocenters. The van der Waals surface area contributed by atoms with Crippen LogP contribution in [0.5, 0.6) is 11.5 Å². The van der Waals surface area contributed by atoms with Crippen LogP contribution < -0.4 is 14.8 Å². The van der Waals surface area contributed by atoms with Gasteiger partial charge in [0.25, 0.3) is 5.91 Å². The van der Waals surface area contributed by atoms with Gasteiger partial charge in [0.2, 0.25) is 5.89 Å². The molecule has 1 aromatic heterocycles. The lowest BCUT2D eigenvalue weighted by Gasteiger charge is -2.11. The monoisotopic (exact) mass is 424 g/mol. The summed E-state index contributed by atoms with van der Waals surface area (Å²) in [6, 6.07) is 24.4. The second-order valence-corrected chi connectivity index (χ2v) is 7.22. The highest BCUT2D eigenvalue weighted by Crippen LogP contribution is 2.34. The number of methoxy groups -OCH3 is 2. The number of hydrogen-bond donors (Lipinski definition) is 1. The summed E-state index contributed by atoms with van der Waals surface area (Å²) >= 11 is 0. The SMILES string of the molecule is COc1ccc(C(=O)Nc2ccccc2-c2nc3c(ccc4ccccc43)o2)cc1OC. The van der Waals surface area contributed by atoms with E-state index in [1.807, 2.05) is 60.7 Å². The molecule has 0 saturated heterocycles. The largest absolute Gasteiger partial charge is 0.493 e. The van der Waals surface area contributed by atoms with Gasteiger partial charge in [0, 0.05) is 10.9 Å². The molecule has 158 valence electrons. The van der Waals surface area contributed by atoms with Gasteiger partial charge in [0.1, 0.15) is 5.52 Å². The van der Waals surface area contributed by atoms with Gasteiger partial charge in [-0.3, -0.25) is 4.79 Å². The van der Waals surface area contributed by atoms with Gasteiger partial charge in [-0.15, -0.1) is 0 Å². The number of aromatic nitrogens is 1. The van der Waals surface area contributed by atoms with Crippen molar-refractivity contribution in [1.29, 1.82) is 0 Å². The Balaban J connectivity index is 1.52. The van der Waals surface area contributed by atoms with Gasteiger partial charge in [0.05, 0.1) is 25.5 Å². The van der Waals surface area contributed by atoms with Crippen LogP contribution >= 0.6 is 0 Å². The Kier molecular flexibility index (Phi) is 4.95. The summed E-state index contributed by atoms with van der Waals surface area (Å²) in [4.78, 5) is 17.7. The Morgan fingerprint density at radius 2 is 1.66 bits per heavy atom. The first kappa shape index (κ1) is 19.6. The van der Waals surface area contributed by atoms with Crippen molar-refractivity contribution in [2.24, 2.45) is 0 Å². The average molecular weight is 424 g/mol. The lowest BCUT2D eigenvalue weighted by atomic mass is 10.1. The number of nitrogens with zero attached hydrogens (tertiary/aromatic N) is 1. The maximum atomic E-state index is 13.0. The Morgan fingerprint density at radius 3 is 2.50 bits per heavy atom. The first-order chi connectivity index (χ1) is 15.7. The summed E-state index contributed by atoms with van der Waals surface area (Å²) < 4.78 is 16.6. The summed E-state index contributed by atoms with van der Waals surface area (Å²) in [5, 5.41) is 5.07. The zero-order chi connectivity index (χ0) is 22.1. The predicted octanol–water partition coefficient (Wildman–Crippen LogP) is 5.92. The summed E-state index contributed by atoms with van der Waals surface area (Å²) in [6.07, 6.45) is 0. The van der Waals surface area contributed by atoms with Crippen molar-refractivity contribution in [1.82, 2.24) is 4.98 Å². The van der Waals surface area contributed by atoms with E-state index < -0.39 is 0 Å². The molecule has 1 heterocycles. The van der Waals surface area contributed by atoms with E-state index in [-0.39, 0.29) is 5.91 Å². The molecule has 1 amide bonds. The van der Waals surface area contributed by atoms with Crippen LogP contribution in [-0.2, 0) is 0 Å². The number of fused-ring (bicyclic) bond motifs is 3. The van der Waals surface area contributed by atoms with Crippen molar-refractivity contribution < 1.29 is 18.7 Å². The molecule has 0 aliphatic rings. The number of para-hydroxylation sites is 1. The first-order valence-corrected chi connectivity index (χ1v) is 10.1. The molecule has 0 aliphatic carbocycles. The molecule has 32 heavy (non-hydrogen) atoms. The molecule has 1 N–H and O–H groups in total. The third-order valence-electron chi connectivity index (χ3n) is 5.33. The van der Waals surface area contributed by atoms with Crippen LogP contribution in [0.2, 0.25) is 0 Å². The lowest BCUT2D eigenvalue weighted by molar-refractivity contribution is 0.102. The van der Waals surface area contributed by atoms with E-state index in [1.54, 1.807) is 25.3 Å². The van der Waals surface area contributed by atoms with Crippen molar-refractivity contribution in [2.45, 2.75) is 0 Å². The third kappa shape index (κ3) is 3.41. The van der Waals surface area contributed by atoms with Crippen LogP contribution in [0, 0.1) is 0 Å². The molecule has 0 saturated carbocycles. The Labute approximate surface area is 184 Å². The number of hydrogen-bond acceptors (Lipinski definition) is 5. The van der Waals surface area contributed by atoms with Crippen molar-refractivity contribution in [2.75, 3.05) is 19.5 Å². The molecule has 0 bridgehead atoms. The predicted molar refractivity (Wildman–Crippen MR) is 124 cm³/mol. The van der Waals surface area contributed by atoms with E-state index in [0.29, 0.717) is 39.8 Å². The highest BCUT2D eigenvalue weighted by atomic mass is 16.5. The molecule has 6 nitrogen and oxygen atoms in total. The zero-order valence-electron chi connectivity index (χ0n) is 17.6. The maximum Gasteiger partial charge on any atom is 0.255 e. The summed E-state index contributed by atoms with van der Waals surface area (Å²) in [7, 11) is 3.09. The van der Waals surface area contributed by atoms with Crippen LogP contribution in [-0.4, -0.2) is 25.1 Å². The molecular formula is C26H20N2O4. The van der Waals surface area contributed by atoms with E-state index in [9.17, 15) is 4.79 Å². The topological polar surface area (TPSA) is 73.6 Å². The molecule has 6 heteroatoms. The second kappa shape index (κ2) is 8.07. The smallest absolute Gasteiger partial charge is 0.255 e. The van der Waals surface area contributed by atoms with Gasteiger partial charge < -0.3 is 19.2 Å². The second-order valence-electron chi connectivity index (χ2n) is 7.22. The Bertz CT molecular complexity index is 1460. The van der Waals surface area contributed by atoms with Crippen molar-refractivity contribution in [3.05, 3.63) is 84.4 Å². The summed E-state index contributed by atoms with van der Waals surface area (Å²) in [6.45, 7) is 0. The number of carbonyl (C=O) groups excluding carboxylic acids is 1. The number of benzene rings is 4. The van der Waals surface area contributed by atoms with Crippen molar-refractivity contribution in [3.8, 4) is 23.0 Å². The fourth-order valence-corrected chi connectivity index (χ4v) is 3.73. The standard InChI is InChI=1S/C26H20N2O4/c1-30-21-13-12-17(15-23(21)31-2)25(29)27-20-10-6-5-9-19(20)26-28-24-18-8-4-3-7-16(18)11-14-22(24)32-26/h3-15H,1-2H3,(H,27,29). The van der Waals surface area contributed by atoms with Gasteiger partial charge >= 0.3 is 0 Å². The molecule has 5 aromatic rings. The Hall–Kier alpha value is -4.32. The highest BCUT2D eigenvalue weighted by Gasteiger charge is 2.17. The van der Waals surface area contributed by atoms with Crippen LogP contribution in [0.1, 0.15) is 10.4 Å². The number of ether oxygens (including phenoxy) is 2. The van der Waals surface area contributed by atoms with Crippen molar-refractivity contribution >= 4 is 33.5 Å². The van der Waals surface area contributed by atoms with Crippen molar-refractivity contribution in [3.63, 3.8) is 0 Å². The molecule has 0 unspecified atom stereocenters. The number of rotatable bonds is 5. The van der Waals surface area contributed by atoms with Crippen LogP contribution in [0.15, 0.2) is 83.3 Å². The number of nitrogens with one attached hydrogen (secondary N) is 1. The van der Waals surface area contributed by atoms with E-state index >= 15 is 0 Å². The van der Waals surface area contributed by atoms with Gasteiger partial charge in [-0.25, -0.2) is 4.98 Å². The van der Waals surface area contributed by atoms with Gasteiger partial charge in [0.15, 0.2) is 17.1 Å². The number of carbonyl (C=O) groups is 1. The number of anilines is 1. The van der Waals surface area contributed by atoms with E-state index in [1.165, 1.54) is 7.11 Å². The minimum absolute atomic E-state index is 0.278. The molecule has 0 radical (unpaired) electrons. The van der Waals surface area contributed by atoms with E-state index in [4.69, 9.17) is 18.9 Å². The van der Waals surface area contributed by atoms with Gasteiger partial charge in [-0.05, 0) is 41.8 Å². The lowest BCUT2D eigenvalue weighted by Crippen LogP contribution is -2.13. The normalized spacial score (nSPS) is 10.9. The fourth-order valence-electron chi connectivity index (χ4n) is 3.73. The molecular weight excluding hydrogens is 404 g/mol. The van der Waals surface area contributed by atoms with Gasteiger partial charge in [-0.1, -0.05) is 42.5 Å². The maximum absolute atomic E-state index is 13.0. The molecule has 4 aromatic carbocycles. The average Bonchev–Trinajstić information content (AvgIpc) is 3.28. The van der Waals surface area contributed by atoms with Gasteiger partial charge in [-0.2, -0.15) is 0 Å². The molecule has 0 spiro atoms. The molecule has 0 fully saturated rings. The first-order valence-electron chi connectivity index (χ1n) is 10.1. The number of amides is 1. The zero-order valence-corrected chi connectivity index (χ0v) is 17.6. The van der Waals surface area contributed by atoms with E-state index in [0.717, 1.165) is 16.3 Å². The summed E-state index contributed by atoms with van der Waals surface area (Å²) in [5.74, 6) is 1.21. The molecule has 5 rings (SSSR count). The van der Waals surface area contributed by atoms with Crippen LogP contribution in [0.3, 0.4) is 0 Å². The van der Waals surface area contributed by atoms with E-state index in [2.05, 4.69) is 5.32 Å². The quantitative estimate of drug-likeness (QED) is 0.379. The van der Waals surface area contributed by atoms with Crippen LogP contribution in [0.4, 0.5) is 5.69 Å². The number of oxazole rings is 1. The highest BCUT2D eigenvalue weighted by molar-refractivity contribution is 6.07. The third-order valence-corrected chi connectivity index (χ3v) is 5.33. The van der Waals surface area contributed by atoms with Crippen LogP contribution in [0.25, 0.3) is 33.3 Å².